The Balaban J connectivity index is 1.22. The molecule has 2 aromatic heterocycles. The SMILES string of the molecule is O=C(Nc1ccc(F)cc1)Nc1ccc(-c2nc(NCCCN3CCOCC3)c3sccc3n2)cc1. The van der Waals surface area contributed by atoms with E-state index in [0.717, 1.165) is 67.4 Å². The van der Waals surface area contributed by atoms with E-state index in [4.69, 9.17) is 14.7 Å². The van der Waals surface area contributed by atoms with Gasteiger partial charge in [0.1, 0.15) is 11.6 Å². The molecule has 1 aliphatic rings. The topological polar surface area (TPSA) is 91.4 Å². The molecule has 0 bridgehead atoms. The van der Waals surface area contributed by atoms with E-state index >= 15 is 0 Å². The second-order valence-corrected chi connectivity index (χ2v) is 9.34. The molecule has 0 saturated carbocycles. The smallest absolute Gasteiger partial charge is 0.323 e. The minimum Gasteiger partial charge on any atom is -0.379 e. The number of carbonyl (C=O) groups is 1. The molecule has 1 saturated heterocycles. The normalized spacial score (nSPS) is 14.0. The van der Waals surface area contributed by atoms with E-state index in [9.17, 15) is 9.18 Å². The molecule has 1 fully saturated rings. The fourth-order valence-corrected chi connectivity index (χ4v) is 4.77. The van der Waals surface area contributed by atoms with Gasteiger partial charge in [0, 0.05) is 36.6 Å². The maximum absolute atomic E-state index is 13.0. The molecule has 0 atom stereocenters. The third-order valence-corrected chi connectivity index (χ3v) is 6.76. The molecule has 5 rings (SSSR count). The molecular weight excluding hydrogens is 479 g/mol. The summed E-state index contributed by atoms with van der Waals surface area (Å²) in [6.07, 6.45) is 1.02. The van der Waals surface area contributed by atoms with Gasteiger partial charge in [-0.2, -0.15) is 0 Å². The fraction of sp³-hybridized carbons (Fsp3) is 0.269. The van der Waals surface area contributed by atoms with Crippen LogP contribution in [-0.4, -0.2) is 60.3 Å². The lowest BCUT2D eigenvalue weighted by Gasteiger charge is -2.26. The monoisotopic (exact) mass is 506 g/mol. The van der Waals surface area contributed by atoms with Gasteiger partial charge in [0.05, 0.1) is 23.4 Å². The van der Waals surface area contributed by atoms with Gasteiger partial charge in [-0.1, -0.05) is 0 Å². The molecule has 2 amide bonds. The molecule has 1 aliphatic heterocycles. The van der Waals surface area contributed by atoms with Crippen LogP contribution >= 0.6 is 11.3 Å². The summed E-state index contributed by atoms with van der Waals surface area (Å²) in [7, 11) is 0. The van der Waals surface area contributed by atoms with Gasteiger partial charge in [-0.3, -0.25) is 4.90 Å². The molecule has 3 heterocycles. The number of aromatic nitrogens is 2. The Morgan fingerprint density at radius 3 is 2.39 bits per heavy atom. The summed E-state index contributed by atoms with van der Waals surface area (Å²) in [5.74, 6) is 1.11. The Hall–Kier alpha value is -3.60. The zero-order valence-electron chi connectivity index (χ0n) is 19.7. The average Bonchev–Trinajstić information content (AvgIpc) is 3.38. The van der Waals surface area contributed by atoms with E-state index in [0.29, 0.717) is 17.2 Å². The van der Waals surface area contributed by atoms with Crippen LogP contribution in [0.5, 0.6) is 0 Å². The van der Waals surface area contributed by atoms with Crippen molar-refractivity contribution in [3.8, 4) is 11.4 Å². The highest BCUT2D eigenvalue weighted by molar-refractivity contribution is 7.17. The lowest BCUT2D eigenvalue weighted by molar-refractivity contribution is 0.0378. The minimum absolute atomic E-state index is 0.356. The second kappa shape index (κ2) is 11.4. The first-order valence-corrected chi connectivity index (χ1v) is 12.8. The number of fused-ring (bicyclic) bond motifs is 1. The Morgan fingerprint density at radius 1 is 0.972 bits per heavy atom. The quantitative estimate of drug-likeness (QED) is 0.282. The van der Waals surface area contributed by atoms with Crippen LogP contribution in [-0.2, 0) is 4.74 Å². The van der Waals surface area contributed by atoms with E-state index in [1.165, 1.54) is 24.3 Å². The van der Waals surface area contributed by atoms with Gasteiger partial charge in [-0.15, -0.1) is 11.3 Å². The van der Waals surface area contributed by atoms with Crippen molar-refractivity contribution in [2.75, 3.05) is 55.3 Å². The Morgan fingerprint density at radius 2 is 1.67 bits per heavy atom. The van der Waals surface area contributed by atoms with Gasteiger partial charge >= 0.3 is 6.03 Å². The summed E-state index contributed by atoms with van der Waals surface area (Å²) >= 11 is 1.62. The molecule has 0 unspecified atom stereocenters. The first-order chi connectivity index (χ1) is 17.6. The third-order valence-electron chi connectivity index (χ3n) is 5.85. The van der Waals surface area contributed by atoms with Gasteiger partial charge < -0.3 is 20.7 Å². The maximum atomic E-state index is 13.0. The van der Waals surface area contributed by atoms with Crippen molar-refractivity contribution in [3.05, 3.63) is 65.8 Å². The zero-order valence-corrected chi connectivity index (χ0v) is 20.5. The summed E-state index contributed by atoms with van der Waals surface area (Å²) in [4.78, 5) is 24.2. The number of rotatable bonds is 8. The van der Waals surface area contributed by atoms with Crippen LogP contribution in [0.4, 0.5) is 26.4 Å². The molecule has 8 nitrogen and oxygen atoms in total. The summed E-state index contributed by atoms with van der Waals surface area (Å²) < 4.78 is 19.5. The standard InChI is InChI=1S/C26H27FN6O2S/c27-19-4-8-21(9-5-19)30-26(34)29-20-6-2-18(3-7-20)24-31-22-10-17-36-23(22)25(32-24)28-11-1-12-33-13-15-35-16-14-33/h2-10,17H,1,11-16H2,(H,28,31,32)(H2,29,30,34). The number of benzene rings is 2. The van der Waals surface area contributed by atoms with Gasteiger partial charge in [0.2, 0.25) is 0 Å². The zero-order chi connectivity index (χ0) is 24.7. The van der Waals surface area contributed by atoms with Crippen LogP contribution in [0.25, 0.3) is 21.6 Å². The Labute approximate surface area is 212 Å². The van der Waals surface area contributed by atoms with Crippen molar-refractivity contribution in [1.82, 2.24) is 14.9 Å². The van der Waals surface area contributed by atoms with Gasteiger partial charge in [0.25, 0.3) is 0 Å². The molecular formula is C26H27FN6O2S. The Kier molecular flexibility index (Phi) is 7.65. The van der Waals surface area contributed by atoms with E-state index in [2.05, 4.69) is 20.9 Å². The number of halogens is 1. The van der Waals surface area contributed by atoms with Crippen molar-refractivity contribution in [2.45, 2.75) is 6.42 Å². The van der Waals surface area contributed by atoms with Gasteiger partial charge in [-0.05, 0) is 72.9 Å². The van der Waals surface area contributed by atoms with Crippen LogP contribution in [0.15, 0.2) is 60.0 Å². The van der Waals surface area contributed by atoms with Crippen molar-refractivity contribution in [2.24, 2.45) is 0 Å². The first-order valence-electron chi connectivity index (χ1n) is 11.9. The van der Waals surface area contributed by atoms with E-state index in [1.54, 1.807) is 23.5 Å². The molecule has 2 aromatic carbocycles. The second-order valence-electron chi connectivity index (χ2n) is 8.43. The Bertz CT molecular complexity index is 1310. The first kappa shape index (κ1) is 24.1. The average molecular weight is 507 g/mol. The number of nitrogens with one attached hydrogen (secondary N) is 3. The number of ether oxygens (including phenoxy) is 1. The van der Waals surface area contributed by atoms with Crippen LogP contribution in [0.1, 0.15) is 6.42 Å². The number of hydrogen-bond donors (Lipinski definition) is 3. The van der Waals surface area contributed by atoms with Crippen LogP contribution in [0, 0.1) is 5.82 Å². The van der Waals surface area contributed by atoms with Crippen molar-refractivity contribution < 1.29 is 13.9 Å². The number of hydrogen-bond acceptors (Lipinski definition) is 7. The molecule has 0 aliphatic carbocycles. The number of carbonyl (C=O) groups excluding carboxylic acids is 1. The lowest BCUT2D eigenvalue weighted by Crippen LogP contribution is -2.37. The summed E-state index contributed by atoms with van der Waals surface area (Å²) in [5, 5.41) is 11.0. The molecule has 36 heavy (non-hydrogen) atoms. The maximum Gasteiger partial charge on any atom is 0.323 e. The number of nitrogens with zero attached hydrogens (tertiary/aromatic N) is 3. The molecule has 186 valence electrons. The lowest BCUT2D eigenvalue weighted by atomic mass is 10.2. The molecule has 0 spiro atoms. The van der Waals surface area contributed by atoms with Gasteiger partial charge in [-0.25, -0.2) is 19.2 Å². The minimum atomic E-state index is -0.408. The highest BCUT2D eigenvalue weighted by atomic mass is 32.1. The summed E-state index contributed by atoms with van der Waals surface area (Å²) in [5.41, 5.74) is 2.88. The number of morpholine rings is 1. The highest BCUT2D eigenvalue weighted by Crippen LogP contribution is 2.29. The van der Waals surface area contributed by atoms with E-state index in [1.807, 2.05) is 23.6 Å². The van der Waals surface area contributed by atoms with E-state index in [-0.39, 0.29) is 5.82 Å². The van der Waals surface area contributed by atoms with Crippen molar-refractivity contribution in [3.63, 3.8) is 0 Å². The molecule has 0 radical (unpaired) electrons. The van der Waals surface area contributed by atoms with Crippen LogP contribution in [0.2, 0.25) is 0 Å². The molecule has 3 N–H and O–H groups in total. The predicted molar refractivity (Wildman–Crippen MR) is 142 cm³/mol. The molecule has 10 heteroatoms. The van der Waals surface area contributed by atoms with Crippen molar-refractivity contribution >= 4 is 44.8 Å². The highest BCUT2D eigenvalue weighted by Gasteiger charge is 2.13. The third kappa shape index (κ3) is 6.14. The summed E-state index contributed by atoms with van der Waals surface area (Å²) in [6, 6.07) is 14.5. The molecule has 4 aromatic rings. The summed E-state index contributed by atoms with van der Waals surface area (Å²) in [6.45, 7) is 5.46. The predicted octanol–water partition coefficient (Wildman–Crippen LogP) is 5.28. The van der Waals surface area contributed by atoms with Crippen molar-refractivity contribution in [1.29, 1.82) is 0 Å². The van der Waals surface area contributed by atoms with E-state index < -0.39 is 6.03 Å². The fourth-order valence-electron chi connectivity index (χ4n) is 3.98. The van der Waals surface area contributed by atoms with Crippen LogP contribution in [0.3, 0.4) is 0 Å². The number of amides is 2. The van der Waals surface area contributed by atoms with Gasteiger partial charge in [0.15, 0.2) is 5.82 Å². The largest absolute Gasteiger partial charge is 0.379 e. The number of thiophene rings is 1. The van der Waals surface area contributed by atoms with Crippen LogP contribution < -0.4 is 16.0 Å². The number of anilines is 3. The number of urea groups is 1.